The third-order valence-electron chi connectivity index (χ3n) is 20.8. The van der Waals surface area contributed by atoms with Gasteiger partial charge in [0.1, 0.15) is 219 Å². The number of hydrogen-bond acceptors (Lipinski definition) is 46. The maximum atomic E-state index is 13.1. The van der Waals surface area contributed by atoms with E-state index in [-0.39, 0.29) is 0 Å². The summed E-state index contributed by atoms with van der Waals surface area (Å²) in [6.45, 7) is -5.30. The molecule has 45 atom stereocenters. The number of rotatable bonds is 30. The molecular formula is C64H107N5O46. The van der Waals surface area contributed by atoms with E-state index in [2.05, 4.69) is 26.6 Å². The predicted molar refractivity (Wildman–Crippen MR) is 355 cm³/mol. The summed E-state index contributed by atoms with van der Waals surface area (Å²) in [5, 5.41) is 281. The Morgan fingerprint density at radius 2 is 0.504 bits per heavy atom. The maximum Gasteiger partial charge on any atom is 0.217 e. The molecular weight excluding hydrogens is 1570 g/mol. The van der Waals surface area contributed by atoms with Crippen LogP contribution in [0.5, 0.6) is 0 Å². The summed E-state index contributed by atoms with van der Waals surface area (Å²) >= 11 is 0. The van der Waals surface area contributed by atoms with Gasteiger partial charge in [-0.2, -0.15) is 0 Å². The molecule has 51 nitrogen and oxygen atoms in total. The van der Waals surface area contributed by atoms with E-state index in [4.69, 9.17) is 80.5 Å². The molecule has 0 spiro atoms. The van der Waals surface area contributed by atoms with Crippen molar-refractivity contribution in [1.82, 2.24) is 26.6 Å². The molecule has 5 amide bonds. The van der Waals surface area contributed by atoms with E-state index in [0.29, 0.717) is 0 Å². The summed E-state index contributed by atoms with van der Waals surface area (Å²) in [6, 6.07) is -9.24. The minimum absolute atomic E-state index is 0.795. The largest absolute Gasteiger partial charge is 0.394 e. The number of carbonyl (C=O) groups is 5. The molecule has 0 aromatic rings. The van der Waals surface area contributed by atoms with Gasteiger partial charge in [0.2, 0.25) is 29.5 Å². The van der Waals surface area contributed by atoms with Crippen molar-refractivity contribution < 1.29 is 227 Å². The number of nitrogens with one attached hydrogen (secondary N) is 5. The quantitative estimate of drug-likeness (QED) is 0.0318. The highest BCUT2D eigenvalue weighted by Crippen LogP contribution is 2.41. The lowest BCUT2D eigenvalue weighted by Gasteiger charge is -2.52. The van der Waals surface area contributed by atoms with Crippen LogP contribution >= 0.6 is 0 Å². The van der Waals surface area contributed by atoms with Gasteiger partial charge in [0.25, 0.3) is 0 Å². The Morgan fingerprint density at radius 3 is 0.957 bits per heavy atom. The van der Waals surface area contributed by atoms with Gasteiger partial charge < -0.3 is 230 Å². The van der Waals surface area contributed by atoms with E-state index >= 15 is 0 Å². The van der Waals surface area contributed by atoms with Crippen LogP contribution in [0.4, 0.5) is 0 Å². The third kappa shape index (κ3) is 21.3. The smallest absolute Gasteiger partial charge is 0.217 e. The zero-order valence-corrected chi connectivity index (χ0v) is 62.1. The van der Waals surface area contributed by atoms with Gasteiger partial charge >= 0.3 is 0 Å². The standard InChI is InChI=1S/C64H107N5O46/c1-15(78)65-29-42(91)49(25(11-75)100-56(29)98)109-59-32(68-18(4)81)43(92)50(26(12-76)106-59)111-62-48(97)53(39(88)28(108-62)14-99-63-54(45(94)37(86)23(9-73)105-63)114-57-30(66-16(2)79)40(89)34(83)20(6-70)101-57)113-64-55(115-58-31(67-17(3)80)41(90)35(84)21(7-71)102-58)47(96)51(27(13-77)107-64)110-60-33(69-19(5)82)52(38(87)24(10-74)103-60)112-61-46(95)44(93)36(85)22(8-72)104-61/h20-64,70-77,83-98H,6-14H2,1-5H3,(H,65,78)(H,66,79)(H,67,80)(H,68,81)(H,69,82)/t20-,21-,22-,23-,24-,25-,26-,27-,28-,29-,30-,31-,32-,33-,34-,35-,36+,37-,38-,39-,40-,41-,42-,43-,44+,45+,46-,47+,48+,49-,50-,51-,52-,53+,54+,55+,56?,57+,58+,59+,60+,61+,62+,63+,64-/m1/s1. The lowest BCUT2D eigenvalue weighted by atomic mass is 9.93. The van der Waals surface area contributed by atoms with Crippen LogP contribution in [0, 0.1) is 0 Å². The van der Waals surface area contributed by atoms with Crippen LogP contribution in [0.1, 0.15) is 34.6 Å². The van der Waals surface area contributed by atoms with Crippen LogP contribution in [0.25, 0.3) is 0 Å². The van der Waals surface area contributed by atoms with E-state index in [1.807, 2.05) is 0 Å². The Hall–Kier alpha value is -4.29. The van der Waals surface area contributed by atoms with Crippen LogP contribution in [0.3, 0.4) is 0 Å². The Labute approximate surface area is 651 Å². The Morgan fingerprint density at radius 1 is 0.226 bits per heavy atom. The molecule has 29 N–H and O–H groups in total. The first-order valence-electron chi connectivity index (χ1n) is 36.6. The molecule has 0 aromatic heterocycles. The summed E-state index contributed by atoms with van der Waals surface area (Å²) in [6.07, 6.45) is -84.6. The minimum Gasteiger partial charge on any atom is -0.394 e. The highest BCUT2D eigenvalue weighted by molar-refractivity contribution is 5.75. The van der Waals surface area contributed by atoms with Crippen molar-refractivity contribution in [2.75, 3.05) is 59.5 Å². The van der Waals surface area contributed by atoms with Crippen molar-refractivity contribution >= 4 is 29.5 Å². The first-order chi connectivity index (χ1) is 54.4. The van der Waals surface area contributed by atoms with E-state index in [1.54, 1.807) is 0 Å². The summed E-state index contributed by atoms with van der Waals surface area (Å²) < 4.78 is 102. The molecule has 9 heterocycles. The molecule has 0 radical (unpaired) electrons. The van der Waals surface area contributed by atoms with Crippen LogP contribution in [0.15, 0.2) is 0 Å². The van der Waals surface area contributed by atoms with Gasteiger partial charge in [-0.05, 0) is 0 Å². The number of amides is 5. The van der Waals surface area contributed by atoms with Crippen LogP contribution < -0.4 is 26.6 Å². The fourth-order valence-corrected chi connectivity index (χ4v) is 14.9. The number of aliphatic hydroxyl groups is 24. The Kier molecular flexibility index (Phi) is 34.1. The zero-order chi connectivity index (χ0) is 84.8. The van der Waals surface area contributed by atoms with Gasteiger partial charge in [-0.3, -0.25) is 24.0 Å². The van der Waals surface area contributed by atoms with Crippen molar-refractivity contribution in [3.63, 3.8) is 0 Å². The number of hydrogen-bond donors (Lipinski definition) is 29. The van der Waals surface area contributed by atoms with Crippen LogP contribution in [-0.4, -0.2) is 488 Å². The van der Waals surface area contributed by atoms with Crippen molar-refractivity contribution in [2.24, 2.45) is 0 Å². The molecule has 0 saturated carbocycles. The van der Waals surface area contributed by atoms with Crippen molar-refractivity contribution in [2.45, 2.75) is 311 Å². The van der Waals surface area contributed by atoms with Gasteiger partial charge in [0.05, 0.1) is 59.5 Å². The second-order valence-corrected chi connectivity index (χ2v) is 28.9. The predicted octanol–water partition coefficient (Wildman–Crippen LogP) is -19.9. The van der Waals surface area contributed by atoms with Crippen LogP contribution in [-0.2, 0) is 104 Å². The average Bonchev–Trinajstić information content (AvgIpc) is 0.763. The molecule has 9 aliphatic rings. The van der Waals surface area contributed by atoms with Crippen molar-refractivity contribution in [3.8, 4) is 0 Å². The minimum atomic E-state index is -2.63. The molecule has 51 heteroatoms. The molecule has 9 saturated heterocycles. The number of aliphatic hydroxyl groups excluding tert-OH is 24. The molecule has 664 valence electrons. The third-order valence-corrected chi connectivity index (χ3v) is 20.8. The average molecular weight is 1680 g/mol. The molecule has 0 aliphatic carbocycles. The topological polar surface area (TPSA) is 788 Å². The van der Waals surface area contributed by atoms with Gasteiger partial charge in [-0.1, -0.05) is 0 Å². The summed E-state index contributed by atoms with van der Waals surface area (Å²) in [4.78, 5) is 63.7. The summed E-state index contributed by atoms with van der Waals surface area (Å²) in [5.74, 6) is -4.52. The van der Waals surface area contributed by atoms with Gasteiger partial charge in [0.15, 0.2) is 56.6 Å². The van der Waals surface area contributed by atoms with E-state index in [1.165, 1.54) is 0 Å². The number of ether oxygens (including phenoxy) is 17. The van der Waals surface area contributed by atoms with Crippen molar-refractivity contribution in [1.29, 1.82) is 0 Å². The van der Waals surface area contributed by atoms with E-state index in [9.17, 15) is 147 Å². The Bertz CT molecular complexity index is 3100. The van der Waals surface area contributed by atoms with Crippen LogP contribution in [0.2, 0.25) is 0 Å². The fourth-order valence-electron chi connectivity index (χ4n) is 14.9. The van der Waals surface area contributed by atoms with Gasteiger partial charge in [0, 0.05) is 34.6 Å². The fraction of sp³-hybridized carbons (Fsp3) is 0.922. The molecule has 0 aromatic carbocycles. The summed E-state index contributed by atoms with van der Waals surface area (Å²) in [7, 11) is 0. The second-order valence-electron chi connectivity index (χ2n) is 28.9. The highest BCUT2D eigenvalue weighted by atomic mass is 16.8. The van der Waals surface area contributed by atoms with E-state index in [0.717, 1.165) is 34.6 Å². The van der Waals surface area contributed by atoms with Gasteiger partial charge in [-0.25, -0.2) is 0 Å². The first kappa shape index (κ1) is 94.6. The normalized spacial score (nSPS) is 47.9. The Balaban J connectivity index is 1.12. The highest BCUT2D eigenvalue weighted by Gasteiger charge is 2.62. The molecule has 9 aliphatic heterocycles. The maximum absolute atomic E-state index is 13.1. The lowest BCUT2D eigenvalue weighted by molar-refractivity contribution is -0.404. The number of carbonyl (C=O) groups excluding carboxylic acids is 5. The zero-order valence-electron chi connectivity index (χ0n) is 62.1. The molecule has 9 fully saturated rings. The molecule has 1 unspecified atom stereocenters. The monoisotopic (exact) mass is 1680 g/mol. The lowest BCUT2D eigenvalue weighted by Crippen LogP contribution is -2.71. The van der Waals surface area contributed by atoms with Crippen molar-refractivity contribution in [3.05, 3.63) is 0 Å². The second kappa shape index (κ2) is 41.5. The molecule has 0 bridgehead atoms. The van der Waals surface area contributed by atoms with E-state index < -0.39 is 365 Å². The SMILES string of the molecule is CC(=O)N[C@H]1[C@H](O[C@H]2[C@H](O)[C@@H](NC(C)=O)C(O)O[C@@H]2CO)O[C@H](CO)[C@@H](O[C@@H]2O[C@H](CO[C@H]3O[C@H](CO)[C@@H](O)[C@H](O)[C@@H]3O[C@@H]3O[C@H](CO)[C@@H](O)[C@H](O)[C@H]3NC(C)=O)[C@@H](O)[C@H](O[C@H]3O[C@H](CO)[C@@H](O[C@@H]4O[C@H](CO)[C@@H](O)[C@H](O[C@@H]5O[C@H](CO)[C@H](O)[C@H](O)[C@H]5O)[C@H]4NC(C)=O)[C@H](O)[C@@H]3O[C@@H]3O[C@H](CO)[C@@H](O)[C@H](O)[C@H]3NC(C)=O)[C@@H]2O)[C@@H]1O. The first-order valence-corrected chi connectivity index (χ1v) is 36.6. The molecule has 9 rings (SSSR count). The summed E-state index contributed by atoms with van der Waals surface area (Å²) in [5.41, 5.74) is 0. The molecule has 115 heavy (non-hydrogen) atoms. The van der Waals surface area contributed by atoms with Gasteiger partial charge in [-0.15, -0.1) is 0 Å².